The molecule has 0 radical (unpaired) electrons. The third-order valence-electron chi connectivity index (χ3n) is 3.14. The fourth-order valence-electron chi connectivity index (χ4n) is 2.01. The molecule has 2 aromatic rings. The Labute approximate surface area is 128 Å². The summed E-state index contributed by atoms with van der Waals surface area (Å²) in [6.45, 7) is 0. The molecule has 0 aromatic heterocycles. The summed E-state index contributed by atoms with van der Waals surface area (Å²) < 4.78 is 9.51. The summed E-state index contributed by atoms with van der Waals surface area (Å²) in [5.41, 5.74) is 0.0734. The lowest BCUT2D eigenvalue weighted by Crippen LogP contribution is -2.09. The molecule has 0 unspecified atom stereocenters. The highest BCUT2D eigenvalue weighted by Gasteiger charge is 2.30. The summed E-state index contributed by atoms with van der Waals surface area (Å²) >= 11 is 0. The van der Waals surface area contributed by atoms with E-state index in [1.165, 1.54) is 42.5 Å². The molecule has 3 rings (SSSR count). The normalized spacial score (nSPS) is 12.5. The molecule has 2 aromatic carbocycles. The second-order valence-corrected chi connectivity index (χ2v) is 4.58. The van der Waals surface area contributed by atoms with Crippen LogP contribution in [0.4, 0.5) is 5.69 Å². The highest BCUT2D eigenvalue weighted by Crippen LogP contribution is 2.25. The van der Waals surface area contributed by atoms with Gasteiger partial charge in [0.05, 0.1) is 21.6 Å². The summed E-state index contributed by atoms with van der Waals surface area (Å²) in [6.07, 6.45) is 0. The van der Waals surface area contributed by atoms with Crippen molar-refractivity contribution >= 4 is 23.6 Å². The first-order chi connectivity index (χ1) is 11.0. The minimum atomic E-state index is -0.807. The monoisotopic (exact) mass is 313 g/mol. The predicted molar refractivity (Wildman–Crippen MR) is 74.2 cm³/mol. The number of benzene rings is 2. The number of esters is 3. The molecule has 114 valence electrons. The van der Waals surface area contributed by atoms with Gasteiger partial charge >= 0.3 is 17.9 Å². The standard InChI is InChI=1S/C15H7NO7/c17-13(8-1-3-9(4-2-8)16(20)21)22-10-5-6-11-12(7-10)15(19)23-14(11)18/h1-7H. The fourth-order valence-corrected chi connectivity index (χ4v) is 2.01. The van der Waals surface area contributed by atoms with Crippen LogP contribution >= 0.6 is 0 Å². The van der Waals surface area contributed by atoms with Crippen molar-refractivity contribution in [3.63, 3.8) is 0 Å². The lowest BCUT2D eigenvalue weighted by Gasteiger charge is -2.04. The SMILES string of the molecule is O=C(Oc1ccc2c(c1)C(=O)OC2=O)c1ccc([N+](=O)[O-])cc1. The minimum absolute atomic E-state index is 0.0176. The fraction of sp³-hybridized carbons (Fsp3) is 0. The van der Waals surface area contributed by atoms with Crippen molar-refractivity contribution < 1.29 is 28.8 Å². The Morgan fingerprint density at radius 2 is 1.65 bits per heavy atom. The maximum atomic E-state index is 12.0. The van der Waals surface area contributed by atoms with Crippen LogP contribution in [-0.2, 0) is 4.74 Å². The topological polar surface area (TPSA) is 113 Å². The summed E-state index contributed by atoms with van der Waals surface area (Å²) in [5.74, 6) is -2.26. The largest absolute Gasteiger partial charge is 0.423 e. The van der Waals surface area contributed by atoms with Crippen LogP contribution in [0, 0.1) is 10.1 Å². The summed E-state index contributed by atoms with van der Waals surface area (Å²) in [7, 11) is 0. The lowest BCUT2D eigenvalue weighted by atomic mass is 10.1. The average Bonchev–Trinajstić information content (AvgIpc) is 2.81. The van der Waals surface area contributed by atoms with Gasteiger partial charge in [0.1, 0.15) is 5.75 Å². The molecule has 8 nitrogen and oxygen atoms in total. The number of fused-ring (bicyclic) bond motifs is 1. The zero-order valence-corrected chi connectivity index (χ0v) is 11.3. The molecule has 23 heavy (non-hydrogen) atoms. The van der Waals surface area contributed by atoms with E-state index in [0.29, 0.717) is 0 Å². The average molecular weight is 313 g/mol. The molecule has 1 aliphatic rings. The number of nitro benzene ring substituents is 1. The van der Waals surface area contributed by atoms with Crippen molar-refractivity contribution in [2.75, 3.05) is 0 Å². The van der Waals surface area contributed by atoms with Crippen molar-refractivity contribution in [1.29, 1.82) is 0 Å². The van der Waals surface area contributed by atoms with Gasteiger partial charge < -0.3 is 9.47 Å². The van der Waals surface area contributed by atoms with Gasteiger partial charge in [-0.05, 0) is 30.3 Å². The summed E-state index contributed by atoms with van der Waals surface area (Å²) in [5, 5.41) is 10.6. The number of carbonyl (C=O) groups excluding carboxylic acids is 3. The van der Waals surface area contributed by atoms with Crippen molar-refractivity contribution in [2.45, 2.75) is 0 Å². The highest BCUT2D eigenvalue weighted by molar-refractivity contribution is 6.14. The van der Waals surface area contributed by atoms with E-state index in [1.807, 2.05) is 0 Å². The van der Waals surface area contributed by atoms with E-state index in [0.717, 1.165) is 0 Å². The second-order valence-electron chi connectivity index (χ2n) is 4.58. The quantitative estimate of drug-likeness (QED) is 0.280. The van der Waals surface area contributed by atoms with Gasteiger partial charge in [-0.2, -0.15) is 0 Å². The third kappa shape index (κ3) is 2.64. The molecule has 1 aliphatic heterocycles. The van der Waals surface area contributed by atoms with Gasteiger partial charge in [0.25, 0.3) is 5.69 Å². The van der Waals surface area contributed by atoms with E-state index in [4.69, 9.17) is 4.74 Å². The van der Waals surface area contributed by atoms with Gasteiger partial charge in [-0.25, -0.2) is 14.4 Å². The number of non-ortho nitro benzene ring substituents is 1. The van der Waals surface area contributed by atoms with Crippen LogP contribution in [0.3, 0.4) is 0 Å². The molecule has 0 fully saturated rings. The first-order valence-corrected chi connectivity index (χ1v) is 6.33. The zero-order chi connectivity index (χ0) is 16.6. The van der Waals surface area contributed by atoms with E-state index in [1.54, 1.807) is 0 Å². The van der Waals surface area contributed by atoms with Gasteiger partial charge in [0, 0.05) is 12.1 Å². The predicted octanol–water partition coefficient (Wildman–Crippen LogP) is 2.12. The number of cyclic esters (lactones) is 2. The molecule has 8 heteroatoms. The molecular formula is C15H7NO7. The Morgan fingerprint density at radius 3 is 2.30 bits per heavy atom. The van der Waals surface area contributed by atoms with Crippen LogP contribution < -0.4 is 4.74 Å². The number of nitrogens with zero attached hydrogens (tertiary/aromatic N) is 1. The van der Waals surface area contributed by atoms with E-state index < -0.39 is 22.8 Å². The van der Waals surface area contributed by atoms with Gasteiger partial charge in [0.15, 0.2) is 0 Å². The Morgan fingerprint density at radius 1 is 1.00 bits per heavy atom. The van der Waals surface area contributed by atoms with Crippen molar-refractivity contribution in [2.24, 2.45) is 0 Å². The molecule has 0 aliphatic carbocycles. The van der Waals surface area contributed by atoms with E-state index >= 15 is 0 Å². The van der Waals surface area contributed by atoms with Crippen LogP contribution in [0.15, 0.2) is 42.5 Å². The van der Waals surface area contributed by atoms with E-state index in [9.17, 15) is 24.5 Å². The number of ether oxygens (including phenoxy) is 2. The van der Waals surface area contributed by atoms with E-state index in [2.05, 4.69) is 4.74 Å². The van der Waals surface area contributed by atoms with Crippen LogP contribution in [0.25, 0.3) is 0 Å². The van der Waals surface area contributed by atoms with Crippen LogP contribution in [-0.4, -0.2) is 22.8 Å². The molecule has 0 amide bonds. The Bertz CT molecular complexity index is 855. The van der Waals surface area contributed by atoms with E-state index in [-0.39, 0.29) is 28.1 Å². The summed E-state index contributed by atoms with van der Waals surface area (Å²) in [6, 6.07) is 8.76. The zero-order valence-electron chi connectivity index (χ0n) is 11.3. The van der Waals surface area contributed by atoms with Gasteiger partial charge in [-0.1, -0.05) is 0 Å². The number of rotatable bonds is 3. The minimum Gasteiger partial charge on any atom is -0.423 e. The highest BCUT2D eigenvalue weighted by atomic mass is 16.6. The Kier molecular flexibility index (Phi) is 3.34. The molecule has 0 saturated carbocycles. The number of hydrogen-bond donors (Lipinski definition) is 0. The number of nitro groups is 1. The van der Waals surface area contributed by atoms with Gasteiger partial charge in [-0.3, -0.25) is 10.1 Å². The second kappa shape index (κ2) is 5.34. The van der Waals surface area contributed by atoms with Crippen molar-refractivity contribution in [3.05, 3.63) is 69.3 Å². The third-order valence-corrected chi connectivity index (χ3v) is 3.14. The molecule has 0 atom stereocenters. The Balaban J connectivity index is 1.81. The molecular weight excluding hydrogens is 306 g/mol. The Hall–Kier alpha value is -3.55. The molecule has 0 spiro atoms. The van der Waals surface area contributed by atoms with Crippen molar-refractivity contribution in [3.8, 4) is 5.75 Å². The van der Waals surface area contributed by atoms with Crippen molar-refractivity contribution in [1.82, 2.24) is 0 Å². The smallest absolute Gasteiger partial charge is 0.347 e. The first kappa shape index (κ1) is 14.4. The van der Waals surface area contributed by atoms with Crippen LogP contribution in [0.2, 0.25) is 0 Å². The lowest BCUT2D eigenvalue weighted by molar-refractivity contribution is -0.384. The molecule has 0 bridgehead atoms. The van der Waals surface area contributed by atoms with Crippen LogP contribution in [0.1, 0.15) is 31.1 Å². The number of hydrogen-bond acceptors (Lipinski definition) is 7. The molecule has 1 heterocycles. The maximum absolute atomic E-state index is 12.0. The van der Waals surface area contributed by atoms with Gasteiger partial charge in [-0.15, -0.1) is 0 Å². The maximum Gasteiger partial charge on any atom is 0.347 e. The van der Waals surface area contributed by atoms with Crippen LogP contribution in [0.5, 0.6) is 5.75 Å². The van der Waals surface area contributed by atoms with Gasteiger partial charge in [0.2, 0.25) is 0 Å². The number of carbonyl (C=O) groups is 3. The first-order valence-electron chi connectivity index (χ1n) is 6.33. The molecule has 0 saturated heterocycles. The molecule has 0 N–H and O–H groups in total. The summed E-state index contributed by atoms with van der Waals surface area (Å²) in [4.78, 5) is 44.7.